The van der Waals surface area contributed by atoms with Crippen LogP contribution >= 0.6 is 23.2 Å². The van der Waals surface area contributed by atoms with Gasteiger partial charge in [0.1, 0.15) is 23.9 Å². The van der Waals surface area contributed by atoms with Gasteiger partial charge in [0, 0.05) is 30.9 Å². The molecule has 240 valence electrons. The summed E-state index contributed by atoms with van der Waals surface area (Å²) < 4.78 is 5.12. The molecular weight excluding hydrogens is 629 g/mol. The maximum absolute atomic E-state index is 13.8. The summed E-state index contributed by atoms with van der Waals surface area (Å²) in [5.41, 5.74) is -2.85. The molecule has 0 saturated carbocycles. The van der Waals surface area contributed by atoms with Crippen LogP contribution in [0.5, 0.6) is 5.75 Å². The van der Waals surface area contributed by atoms with Gasteiger partial charge in [-0.15, -0.1) is 0 Å². The quantitative estimate of drug-likeness (QED) is 0.244. The van der Waals surface area contributed by atoms with Crippen LogP contribution in [0.3, 0.4) is 0 Å². The zero-order valence-corrected chi connectivity index (χ0v) is 26.4. The Labute approximate surface area is 269 Å². The Balaban J connectivity index is 1.49. The molecule has 12 nitrogen and oxygen atoms in total. The zero-order valence-electron chi connectivity index (χ0n) is 24.9. The highest BCUT2D eigenvalue weighted by Crippen LogP contribution is 2.44. The molecule has 1 saturated heterocycles. The van der Waals surface area contributed by atoms with Crippen molar-refractivity contribution in [3.05, 3.63) is 63.6 Å². The number of ether oxygens (including phenoxy) is 1. The van der Waals surface area contributed by atoms with Crippen molar-refractivity contribution in [3.63, 3.8) is 0 Å². The van der Waals surface area contributed by atoms with Crippen LogP contribution < -0.4 is 15.0 Å². The van der Waals surface area contributed by atoms with Gasteiger partial charge in [-0.1, -0.05) is 50.0 Å². The van der Waals surface area contributed by atoms with Gasteiger partial charge >= 0.3 is 17.5 Å². The number of carboxylic acids is 2. The van der Waals surface area contributed by atoms with Gasteiger partial charge in [0.05, 0.1) is 10.0 Å². The predicted octanol–water partition coefficient (Wildman–Crippen LogP) is 3.53. The summed E-state index contributed by atoms with van der Waals surface area (Å²) in [5, 5.41) is 32.8. The van der Waals surface area contributed by atoms with Crippen molar-refractivity contribution >= 4 is 64.6 Å². The van der Waals surface area contributed by atoms with E-state index in [-0.39, 0.29) is 22.2 Å². The van der Waals surface area contributed by atoms with Crippen LogP contribution in [0.15, 0.2) is 42.5 Å². The summed E-state index contributed by atoms with van der Waals surface area (Å²) in [5.74, 6) is -5.20. The number of likely N-dealkylation sites (tertiary alicyclic amines) is 1. The molecule has 2 aliphatic heterocycles. The number of rotatable bonds is 8. The van der Waals surface area contributed by atoms with Gasteiger partial charge in [-0.3, -0.25) is 14.4 Å². The fourth-order valence-electron chi connectivity index (χ4n) is 5.35. The molecule has 2 heterocycles. The number of benzene rings is 2. The molecule has 2 aliphatic rings. The van der Waals surface area contributed by atoms with Crippen molar-refractivity contribution in [2.45, 2.75) is 57.4 Å². The van der Waals surface area contributed by atoms with Crippen LogP contribution in [-0.4, -0.2) is 81.2 Å². The Morgan fingerprint density at radius 2 is 1.73 bits per heavy atom. The number of nitrogens with zero attached hydrogens (tertiary/aromatic N) is 2. The van der Waals surface area contributed by atoms with E-state index in [2.05, 4.69) is 5.32 Å². The Hall–Kier alpha value is -4.13. The lowest BCUT2D eigenvalue weighted by Gasteiger charge is -2.36. The molecule has 3 unspecified atom stereocenters. The van der Waals surface area contributed by atoms with Crippen molar-refractivity contribution < 1.29 is 44.0 Å². The second-order valence-electron chi connectivity index (χ2n) is 12.0. The van der Waals surface area contributed by atoms with Crippen LogP contribution in [0.4, 0.5) is 5.69 Å². The molecule has 2 aromatic rings. The van der Waals surface area contributed by atoms with Gasteiger partial charge in [0.25, 0.3) is 0 Å². The number of amides is 3. The predicted molar refractivity (Wildman–Crippen MR) is 165 cm³/mol. The minimum Gasteiger partial charge on any atom is -0.478 e. The first-order valence-corrected chi connectivity index (χ1v) is 14.7. The van der Waals surface area contributed by atoms with Gasteiger partial charge in [0.2, 0.25) is 17.7 Å². The summed E-state index contributed by atoms with van der Waals surface area (Å²) in [6.07, 6.45) is 1.56. The number of aliphatic carboxylic acids is 2. The van der Waals surface area contributed by atoms with Crippen LogP contribution in [0.2, 0.25) is 10.0 Å². The van der Waals surface area contributed by atoms with Crippen LogP contribution in [0.1, 0.15) is 50.8 Å². The van der Waals surface area contributed by atoms with Gasteiger partial charge in [0.15, 0.2) is 0 Å². The van der Waals surface area contributed by atoms with Gasteiger partial charge in [-0.05, 0) is 60.2 Å². The molecule has 3 amide bonds. The Morgan fingerprint density at radius 1 is 1.07 bits per heavy atom. The molecule has 4 rings (SSSR count). The molecule has 45 heavy (non-hydrogen) atoms. The summed E-state index contributed by atoms with van der Waals surface area (Å²) in [6, 6.07) is 7.11. The molecule has 0 aromatic heterocycles. The van der Waals surface area contributed by atoms with Gasteiger partial charge < -0.3 is 35.2 Å². The molecule has 3 atom stereocenters. The van der Waals surface area contributed by atoms with Crippen LogP contribution in [-0.2, 0) is 24.0 Å². The number of fused-ring (bicyclic) bond motifs is 1. The number of aliphatic hydroxyl groups is 1. The van der Waals surface area contributed by atoms with Crippen LogP contribution in [0.25, 0.3) is 6.08 Å². The third-order valence-corrected chi connectivity index (χ3v) is 8.63. The molecule has 4 N–H and O–H groups in total. The van der Waals surface area contributed by atoms with E-state index in [1.54, 1.807) is 46.0 Å². The van der Waals surface area contributed by atoms with Crippen LogP contribution in [0, 0.1) is 5.41 Å². The average Bonchev–Trinajstić information content (AvgIpc) is 3.58. The van der Waals surface area contributed by atoms with E-state index in [0.29, 0.717) is 35.7 Å². The zero-order chi connectivity index (χ0) is 33.4. The lowest BCUT2D eigenvalue weighted by molar-refractivity contribution is -0.180. The standard InChI is InChI=1S/C31H33Cl2N3O9/c1-30(2,3)24(27(40)36-13-5-6-21(36)26(39)35(4)17-9-10-19(32)20(33)15-17)34-23(37)12-8-16-7-11-22-18(14-16)25(38)31(45-22,28(41)42)29(43)44/h7-12,14-15,21,24-25,38H,5-6,13H2,1-4H3,(H,34,37)(H,41,42)(H,43,44)/b12-8+. The molecule has 0 spiro atoms. The Morgan fingerprint density at radius 3 is 2.33 bits per heavy atom. The second-order valence-corrected chi connectivity index (χ2v) is 12.8. The van der Waals surface area contributed by atoms with E-state index in [1.165, 1.54) is 34.1 Å². The van der Waals surface area contributed by atoms with E-state index in [1.807, 2.05) is 0 Å². The highest BCUT2D eigenvalue weighted by Gasteiger charge is 2.61. The largest absolute Gasteiger partial charge is 0.478 e. The Bertz CT molecular complexity index is 1570. The fourth-order valence-corrected chi connectivity index (χ4v) is 5.64. The molecule has 2 aromatic carbocycles. The minimum absolute atomic E-state index is 0.0688. The molecule has 1 fully saturated rings. The SMILES string of the molecule is CN(C(=O)C1CCCN1C(=O)C(NC(=O)/C=C/c1ccc2c(c1)C(O)C(C(=O)O)(C(=O)O)O2)C(C)(C)C)c1ccc(Cl)c(Cl)c1. The number of carboxylic acid groups (broad SMARTS) is 2. The average molecular weight is 663 g/mol. The first-order chi connectivity index (χ1) is 21.0. The first-order valence-electron chi connectivity index (χ1n) is 14.0. The number of carbonyl (C=O) groups is 5. The molecule has 14 heteroatoms. The topological polar surface area (TPSA) is 174 Å². The van der Waals surface area contributed by atoms with Crippen molar-refractivity contribution in [1.29, 1.82) is 0 Å². The molecular formula is C31H33Cl2N3O9. The maximum Gasteiger partial charge on any atom is 0.363 e. The monoisotopic (exact) mass is 661 g/mol. The van der Waals surface area contributed by atoms with Crippen molar-refractivity contribution in [3.8, 4) is 5.75 Å². The van der Waals surface area contributed by atoms with Gasteiger partial charge in [-0.2, -0.15) is 0 Å². The number of likely N-dealkylation sites (N-methyl/N-ethyl adjacent to an activating group) is 1. The number of halogens is 2. The lowest BCUT2D eigenvalue weighted by atomic mass is 9.85. The first kappa shape index (κ1) is 33.8. The number of hydrogen-bond donors (Lipinski definition) is 4. The summed E-state index contributed by atoms with van der Waals surface area (Å²) >= 11 is 12.1. The number of hydrogen-bond acceptors (Lipinski definition) is 7. The van der Waals surface area contributed by atoms with E-state index < -0.39 is 53.0 Å². The summed E-state index contributed by atoms with van der Waals surface area (Å²) in [6.45, 7) is 5.68. The number of nitrogens with one attached hydrogen (secondary N) is 1. The third-order valence-electron chi connectivity index (χ3n) is 7.89. The van der Waals surface area contributed by atoms with Crippen molar-refractivity contribution in [2.75, 3.05) is 18.5 Å². The fraction of sp³-hybridized carbons (Fsp3) is 0.387. The van der Waals surface area contributed by atoms with E-state index in [9.17, 15) is 39.3 Å². The van der Waals surface area contributed by atoms with Gasteiger partial charge in [-0.25, -0.2) is 9.59 Å². The smallest absolute Gasteiger partial charge is 0.363 e. The molecule has 0 aliphatic carbocycles. The molecule has 0 radical (unpaired) electrons. The number of carbonyl (C=O) groups excluding carboxylic acids is 3. The number of aliphatic hydroxyl groups excluding tert-OH is 1. The number of anilines is 1. The minimum atomic E-state index is -2.90. The second kappa shape index (κ2) is 12.7. The lowest BCUT2D eigenvalue weighted by Crippen LogP contribution is -2.57. The maximum atomic E-state index is 13.8. The summed E-state index contributed by atoms with van der Waals surface area (Å²) in [7, 11) is 1.59. The normalized spacial score (nSPS) is 19.5. The highest BCUT2D eigenvalue weighted by atomic mass is 35.5. The Kier molecular flexibility index (Phi) is 9.53. The third kappa shape index (κ3) is 6.49. The molecule has 0 bridgehead atoms. The highest BCUT2D eigenvalue weighted by molar-refractivity contribution is 6.42. The van der Waals surface area contributed by atoms with Crippen molar-refractivity contribution in [1.82, 2.24) is 10.2 Å². The van der Waals surface area contributed by atoms with E-state index in [4.69, 9.17) is 27.9 Å². The van der Waals surface area contributed by atoms with E-state index in [0.717, 1.165) is 6.08 Å². The summed E-state index contributed by atoms with van der Waals surface area (Å²) in [4.78, 5) is 66.6. The van der Waals surface area contributed by atoms with E-state index >= 15 is 0 Å². The van der Waals surface area contributed by atoms with Crippen molar-refractivity contribution in [2.24, 2.45) is 5.41 Å².